The molecule has 2 saturated heterocycles. The Kier molecular flexibility index (Phi) is 5.65. The van der Waals surface area contributed by atoms with Crippen molar-refractivity contribution in [3.05, 3.63) is 48.0 Å². The van der Waals surface area contributed by atoms with Crippen molar-refractivity contribution < 1.29 is 14.6 Å². The monoisotopic (exact) mass is 302 g/mol. The molecule has 0 radical (unpaired) electrons. The molecule has 3 nitrogen and oxygen atoms in total. The van der Waals surface area contributed by atoms with Gasteiger partial charge in [0.05, 0.1) is 31.0 Å². The van der Waals surface area contributed by atoms with Crippen LogP contribution in [0.5, 0.6) is 0 Å². The van der Waals surface area contributed by atoms with Crippen LogP contribution in [-0.4, -0.2) is 36.1 Å². The van der Waals surface area contributed by atoms with Gasteiger partial charge in [-0.15, -0.1) is 0 Å². The van der Waals surface area contributed by atoms with Crippen LogP contribution < -0.4 is 0 Å². The van der Waals surface area contributed by atoms with Crippen LogP contribution in [0.1, 0.15) is 37.7 Å². The van der Waals surface area contributed by atoms with E-state index in [9.17, 15) is 0 Å². The Bertz CT molecular complexity index is 471. The molecule has 2 aliphatic heterocycles. The van der Waals surface area contributed by atoms with Gasteiger partial charge in [-0.2, -0.15) is 0 Å². The molecule has 4 atom stereocenters. The number of allylic oxidation sites excluding steroid dienone is 1. The predicted molar refractivity (Wildman–Crippen MR) is 86.8 cm³/mol. The minimum Gasteiger partial charge on any atom is -0.394 e. The molecular weight excluding hydrogens is 276 g/mol. The van der Waals surface area contributed by atoms with E-state index in [2.05, 4.69) is 42.5 Å². The zero-order valence-electron chi connectivity index (χ0n) is 13.1. The van der Waals surface area contributed by atoms with Crippen LogP contribution in [0.15, 0.2) is 42.5 Å². The number of aryl methyl sites for hydroxylation is 1. The summed E-state index contributed by atoms with van der Waals surface area (Å²) in [5.74, 6) is 0. The van der Waals surface area contributed by atoms with Gasteiger partial charge in [-0.25, -0.2) is 0 Å². The van der Waals surface area contributed by atoms with Gasteiger partial charge in [-0.05, 0) is 44.1 Å². The van der Waals surface area contributed by atoms with Crippen molar-refractivity contribution in [3.63, 3.8) is 0 Å². The molecule has 3 rings (SSSR count). The predicted octanol–water partition coefficient (Wildman–Crippen LogP) is 3.26. The highest BCUT2D eigenvalue weighted by Gasteiger charge is 2.36. The highest BCUT2D eigenvalue weighted by Crippen LogP contribution is 2.31. The lowest BCUT2D eigenvalue weighted by Crippen LogP contribution is -2.27. The summed E-state index contributed by atoms with van der Waals surface area (Å²) in [4.78, 5) is 0. The number of aliphatic hydroxyl groups is 1. The fraction of sp³-hybridized carbons (Fsp3) is 0.579. The summed E-state index contributed by atoms with van der Waals surface area (Å²) in [6.45, 7) is 0.131. The molecule has 3 heteroatoms. The molecule has 0 aromatic heterocycles. The van der Waals surface area contributed by atoms with Gasteiger partial charge in [-0.3, -0.25) is 0 Å². The van der Waals surface area contributed by atoms with Gasteiger partial charge in [-0.1, -0.05) is 42.5 Å². The van der Waals surface area contributed by atoms with Gasteiger partial charge in [0.25, 0.3) is 0 Å². The average molecular weight is 302 g/mol. The van der Waals surface area contributed by atoms with Crippen LogP contribution in [0.2, 0.25) is 0 Å². The van der Waals surface area contributed by atoms with Gasteiger partial charge in [0.1, 0.15) is 0 Å². The van der Waals surface area contributed by atoms with E-state index in [0.29, 0.717) is 0 Å². The molecule has 4 unspecified atom stereocenters. The lowest BCUT2D eigenvalue weighted by molar-refractivity contribution is -0.0667. The zero-order chi connectivity index (χ0) is 15.2. The van der Waals surface area contributed by atoms with E-state index < -0.39 is 0 Å². The molecule has 0 aliphatic carbocycles. The van der Waals surface area contributed by atoms with Crippen molar-refractivity contribution in [3.8, 4) is 0 Å². The fourth-order valence-electron chi connectivity index (χ4n) is 3.39. The van der Waals surface area contributed by atoms with Crippen molar-refractivity contribution in [2.24, 2.45) is 0 Å². The molecule has 22 heavy (non-hydrogen) atoms. The Labute approximate surface area is 132 Å². The van der Waals surface area contributed by atoms with E-state index in [4.69, 9.17) is 14.6 Å². The maximum Gasteiger partial charge on any atom is 0.0846 e. The molecule has 2 aliphatic rings. The Morgan fingerprint density at radius 1 is 1.00 bits per heavy atom. The van der Waals surface area contributed by atoms with Crippen LogP contribution in [0.25, 0.3) is 0 Å². The largest absolute Gasteiger partial charge is 0.394 e. The third kappa shape index (κ3) is 4.19. The summed E-state index contributed by atoms with van der Waals surface area (Å²) in [5.41, 5.74) is 1.38. The highest BCUT2D eigenvalue weighted by molar-refractivity contribution is 5.15. The van der Waals surface area contributed by atoms with E-state index in [-0.39, 0.29) is 31.0 Å². The number of aliphatic hydroxyl groups excluding tert-OH is 1. The molecule has 2 heterocycles. The standard InChI is InChI=1S/C19H26O3/c20-14-17-11-13-19(22-17)18-12-10-16(21-18)9-5-4-8-15-6-2-1-3-7-15/h1-3,5-7,9,16-20H,4,8,10-14H2/b9-5+. The summed E-state index contributed by atoms with van der Waals surface area (Å²) in [6.07, 6.45) is 11.4. The summed E-state index contributed by atoms with van der Waals surface area (Å²) >= 11 is 0. The van der Waals surface area contributed by atoms with Crippen molar-refractivity contribution >= 4 is 0 Å². The van der Waals surface area contributed by atoms with Gasteiger partial charge >= 0.3 is 0 Å². The summed E-state index contributed by atoms with van der Waals surface area (Å²) in [6, 6.07) is 10.6. The molecule has 0 amide bonds. The first-order valence-electron chi connectivity index (χ1n) is 8.47. The molecular formula is C19H26O3. The van der Waals surface area contributed by atoms with Crippen LogP contribution in [0, 0.1) is 0 Å². The van der Waals surface area contributed by atoms with E-state index >= 15 is 0 Å². The second-order valence-corrected chi connectivity index (χ2v) is 6.30. The lowest BCUT2D eigenvalue weighted by Gasteiger charge is -2.19. The smallest absolute Gasteiger partial charge is 0.0846 e. The molecule has 1 aromatic rings. The maximum absolute atomic E-state index is 9.14. The summed E-state index contributed by atoms with van der Waals surface area (Å²) in [7, 11) is 0. The molecule has 0 spiro atoms. The molecule has 1 N–H and O–H groups in total. The molecule has 0 bridgehead atoms. The maximum atomic E-state index is 9.14. The minimum atomic E-state index is 0.0223. The van der Waals surface area contributed by atoms with E-state index in [1.807, 2.05) is 0 Å². The first-order chi connectivity index (χ1) is 10.8. The third-order valence-corrected chi connectivity index (χ3v) is 4.64. The fourth-order valence-corrected chi connectivity index (χ4v) is 3.39. The van der Waals surface area contributed by atoms with E-state index in [1.54, 1.807) is 0 Å². The second kappa shape index (κ2) is 7.91. The zero-order valence-corrected chi connectivity index (χ0v) is 13.1. The van der Waals surface area contributed by atoms with Crippen LogP contribution in [0.4, 0.5) is 0 Å². The van der Waals surface area contributed by atoms with Crippen molar-refractivity contribution in [1.29, 1.82) is 0 Å². The van der Waals surface area contributed by atoms with Crippen LogP contribution in [0.3, 0.4) is 0 Å². The van der Waals surface area contributed by atoms with Gasteiger partial charge in [0, 0.05) is 0 Å². The Balaban J connectivity index is 1.38. The topological polar surface area (TPSA) is 38.7 Å². The van der Waals surface area contributed by atoms with Gasteiger partial charge < -0.3 is 14.6 Å². The Hall–Kier alpha value is -1.16. The molecule has 120 valence electrons. The molecule has 1 aromatic carbocycles. The second-order valence-electron chi connectivity index (χ2n) is 6.30. The van der Waals surface area contributed by atoms with Gasteiger partial charge in [0.15, 0.2) is 0 Å². The normalized spacial score (nSPS) is 32.0. The van der Waals surface area contributed by atoms with Crippen LogP contribution in [-0.2, 0) is 15.9 Å². The molecule has 2 fully saturated rings. The van der Waals surface area contributed by atoms with Crippen molar-refractivity contribution in [2.75, 3.05) is 6.61 Å². The summed E-state index contributed by atoms with van der Waals surface area (Å²) < 4.78 is 11.9. The molecule has 0 saturated carbocycles. The Morgan fingerprint density at radius 3 is 2.55 bits per heavy atom. The average Bonchev–Trinajstić information content (AvgIpc) is 3.21. The SMILES string of the molecule is OCC1CCC(C2CCC(/C=C/CCc3ccccc3)O2)O1. The number of hydrogen-bond donors (Lipinski definition) is 1. The Morgan fingerprint density at radius 2 is 1.77 bits per heavy atom. The number of ether oxygens (including phenoxy) is 2. The minimum absolute atomic E-state index is 0.0223. The summed E-state index contributed by atoms with van der Waals surface area (Å²) in [5, 5.41) is 9.14. The van der Waals surface area contributed by atoms with Crippen molar-refractivity contribution in [1.82, 2.24) is 0 Å². The third-order valence-electron chi connectivity index (χ3n) is 4.64. The lowest BCUT2D eigenvalue weighted by atomic mass is 10.1. The number of rotatable bonds is 6. The van der Waals surface area contributed by atoms with E-state index in [1.165, 1.54) is 5.56 Å². The van der Waals surface area contributed by atoms with Gasteiger partial charge in [0.2, 0.25) is 0 Å². The van der Waals surface area contributed by atoms with E-state index in [0.717, 1.165) is 38.5 Å². The first kappa shape index (κ1) is 15.7. The first-order valence-corrected chi connectivity index (χ1v) is 8.47. The van der Waals surface area contributed by atoms with Crippen molar-refractivity contribution in [2.45, 2.75) is 62.9 Å². The number of benzene rings is 1. The quantitative estimate of drug-likeness (QED) is 0.820. The number of hydrogen-bond acceptors (Lipinski definition) is 3. The van der Waals surface area contributed by atoms with Crippen LogP contribution >= 0.6 is 0 Å². The highest BCUT2D eigenvalue weighted by atomic mass is 16.6.